The quantitative estimate of drug-likeness (QED) is 0.696. The normalized spacial score (nSPS) is 25.5. The van der Waals surface area contributed by atoms with Crippen LogP contribution in [0.4, 0.5) is 4.79 Å². The molecule has 0 bridgehead atoms. The zero-order chi connectivity index (χ0) is 12.3. The van der Waals surface area contributed by atoms with Crippen LogP contribution in [-0.4, -0.2) is 55.1 Å². The van der Waals surface area contributed by atoms with Crippen LogP contribution in [0.15, 0.2) is 0 Å². The van der Waals surface area contributed by atoms with E-state index in [1.54, 1.807) is 0 Å². The summed E-state index contributed by atoms with van der Waals surface area (Å²) in [6.07, 6.45) is 3.51. The molecule has 2 rings (SSSR count). The maximum atomic E-state index is 12.3. The molecule has 17 heavy (non-hydrogen) atoms. The molecule has 4 heteroatoms. The lowest BCUT2D eigenvalue weighted by Gasteiger charge is -2.33. The second-order valence-electron chi connectivity index (χ2n) is 6.02. The molecule has 0 atom stereocenters. The van der Waals surface area contributed by atoms with E-state index in [9.17, 15) is 4.79 Å². The van der Waals surface area contributed by atoms with Crippen LogP contribution < -0.4 is 5.32 Å². The van der Waals surface area contributed by atoms with Crippen LogP contribution in [0.2, 0.25) is 0 Å². The van der Waals surface area contributed by atoms with E-state index in [1.165, 1.54) is 6.42 Å². The molecule has 0 radical (unpaired) electrons. The molecule has 2 saturated heterocycles. The first-order chi connectivity index (χ1) is 8.08. The third kappa shape index (κ3) is 3.35. The van der Waals surface area contributed by atoms with Crippen molar-refractivity contribution in [1.29, 1.82) is 0 Å². The van der Waals surface area contributed by atoms with Gasteiger partial charge in [-0.25, -0.2) is 4.79 Å². The molecule has 98 valence electrons. The smallest absolute Gasteiger partial charge is 0.320 e. The van der Waals surface area contributed by atoms with Crippen LogP contribution in [-0.2, 0) is 0 Å². The Balaban J connectivity index is 1.90. The number of piperazine rings is 1. The summed E-state index contributed by atoms with van der Waals surface area (Å²) in [7, 11) is 0. The standard InChI is InChI=1S/C13H25N3O/c1-13(2)4-3-8-15(9-5-13)12(17)16-10-6-14-7-11-16/h14H,3-11H2,1-2H3. The highest BCUT2D eigenvalue weighted by Gasteiger charge is 2.28. The highest BCUT2D eigenvalue weighted by molar-refractivity contribution is 5.74. The van der Waals surface area contributed by atoms with E-state index >= 15 is 0 Å². The predicted molar refractivity (Wildman–Crippen MR) is 69.0 cm³/mol. The Kier molecular flexibility index (Phi) is 3.92. The van der Waals surface area contributed by atoms with Crippen molar-refractivity contribution < 1.29 is 4.79 Å². The Morgan fingerprint density at radius 1 is 1.00 bits per heavy atom. The van der Waals surface area contributed by atoms with Crippen molar-refractivity contribution in [3.05, 3.63) is 0 Å². The molecule has 2 amide bonds. The summed E-state index contributed by atoms with van der Waals surface area (Å²) in [5.74, 6) is 0. The summed E-state index contributed by atoms with van der Waals surface area (Å²) in [6.45, 7) is 10.1. The van der Waals surface area contributed by atoms with Crippen molar-refractivity contribution in [2.45, 2.75) is 33.1 Å². The SMILES string of the molecule is CC1(C)CCCN(C(=O)N2CCNCC2)CC1. The van der Waals surface area contributed by atoms with Crippen LogP contribution >= 0.6 is 0 Å². The van der Waals surface area contributed by atoms with Gasteiger partial charge in [-0.05, 0) is 24.7 Å². The van der Waals surface area contributed by atoms with E-state index in [0.717, 1.165) is 52.1 Å². The maximum Gasteiger partial charge on any atom is 0.320 e. The van der Waals surface area contributed by atoms with Gasteiger partial charge in [-0.1, -0.05) is 13.8 Å². The molecule has 2 fully saturated rings. The van der Waals surface area contributed by atoms with Crippen molar-refractivity contribution in [3.63, 3.8) is 0 Å². The molecule has 0 spiro atoms. The Morgan fingerprint density at radius 3 is 2.35 bits per heavy atom. The molecule has 0 unspecified atom stereocenters. The highest BCUT2D eigenvalue weighted by atomic mass is 16.2. The van der Waals surface area contributed by atoms with E-state index in [-0.39, 0.29) is 6.03 Å². The number of rotatable bonds is 0. The fourth-order valence-corrected chi connectivity index (χ4v) is 2.67. The van der Waals surface area contributed by atoms with Gasteiger partial charge in [0.25, 0.3) is 0 Å². The number of likely N-dealkylation sites (tertiary alicyclic amines) is 1. The van der Waals surface area contributed by atoms with Crippen molar-refractivity contribution in [3.8, 4) is 0 Å². The lowest BCUT2D eigenvalue weighted by atomic mass is 9.85. The van der Waals surface area contributed by atoms with Gasteiger partial charge < -0.3 is 15.1 Å². The van der Waals surface area contributed by atoms with Gasteiger partial charge in [0.2, 0.25) is 0 Å². The monoisotopic (exact) mass is 239 g/mol. The molecule has 0 aromatic heterocycles. The van der Waals surface area contributed by atoms with Gasteiger partial charge >= 0.3 is 6.03 Å². The van der Waals surface area contributed by atoms with Crippen molar-refractivity contribution in [2.75, 3.05) is 39.3 Å². The van der Waals surface area contributed by atoms with Gasteiger partial charge in [0.1, 0.15) is 0 Å². The fraction of sp³-hybridized carbons (Fsp3) is 0.923. The van der Waals surface area contributed by atoms with Gasteiger partial charge in [-0.3, -0.25) is 0 Å². The van der Waals surface area contributed by atoms with Gasteiger partial charge in [0.05, 0.1) is 0 Å². The minimum absolute atomic E-state index is 0.254. The minimum Gasteiger partial charge on any atom is -0.325 e. The number of nitrogens with zero attached hydrogens (tertiary/aromatic N) is 2. The lowest BCUT2D eigenvalue weighted by molar-refractivity contribution is 0.146. The summed E-state index contributed by atoms with van der Waals surface area (Å²) in [4.78, 5) is 16.4. The van der Waals surface area contributed by atoms with Crippen molar-refractivity contribution in [1.82, 2.24) is 15.1 Å². The average molecular weight is 239 g/mol. The largest absolute Gasteiger partial charge is 0.325 e. The minimum atomic E-state index is 0.254. The van der Waals surface area contributed by atoms with Crippen LogP contribution in [0.3, 0.4) is 0 Å². The molecule has 2 heterocycles. The van der Waals surface area contributed by atoms with Gasteiger partial charge in [0.15, 0.2) is 0 Å². The molecule has 1 N–H and O–H groups in total. The average Bonchev–Trinajstić information content (AvgIpc) is 2.50. The number of amides is 2. The first-order valence-corrected chi connectivity index (χ1v) is 6.83. The van der Waals surface area contributed by atoms with Gasteiger partial charge in [-0.15, -0.1) is 0 Å². The summed E-state index contributed by atoms with van der Waals surface area (Å²) in [5.41, 5.74) is 0.401. The molecule has 0 saturated carbocycles. The lowest BCUT2D eigenvalue weighted by Crippen LogP contribution is -2.51. The molecular weight excluding hydrogens is 214 g/mol. The molecule has 2 aliphatic rings. The fourth-order valence-electron chi connectivity index (χ4n) is 2.67. The first kappa shape index (κ1) is 12.7. The third-order valence-electron chi connectivity index (χ3n) is 4.00. The predicted octanol–water partition coefficient (Wildman–Crippen LogP) is 1.52. The second-order valence-corrected chi connectivity index (χ2v) is 6.02. The summed E-state index contributed by atoms with van der Waals surface area (Å²) >= 11 is 0. The van der Waals surface area contributed by atoms with Crippen LogP contribution in [0.1, 0.15) is 33.1 Å². The van der Waals surface area contributed by atoms with Crippen LogP contribution in [0, 0.1) is 5.41 Å². The molecule has 2 aliphatic heterocycles. The van der Waals surface area contributed by atoms with Crippen LogP contribution in [0.5, 0.6) is 0 Å². The highest BCUT2D eigenvalue weighted by Crippen LogP contribution is 2.30. The zero-order valence-electron chi connectivity index (χ0n) is 11.2. The maximum absolute atomic E-state index is 12.3. The molecule has 4 nitrogen and oxygen atoms in total. The number of carbonyl (C=O) groups is 1. The number of hydrogen-bond acceptors (Lipinski definition) is 2. The van der Waals surface area contributed by atoms with E-state index in [4.69, 9.17) is 0 Å². The van der Waals surface area contributed by atoms with E-state index in [2.05, 4.69) is 24.1 Å². The zero-order valence-corrected chi connectivity index (χ0v) is 11.2. The third-order valence-corrected chi connectivity index (χ3v) is 4.00. The molecule has 0 aromatic rings. The van der Waals surface area contributed by atoms with Gasteiger partial charge in [-0.2, -0.15) is 0 Å². The van der Waals surface area contributed by atoms with Crippen LogP contribution in [0.25, 0.3) is 0 Å². The molecule has 0 aliphatic carbocycles. The Hall–Kier alpha value is -0.770. The number of carbonyl (C=O) groups excluding carboxylic acids is 1. The Morgan fingerprint density at radius 2 is 1.65 bits per heavy atom. The topological polar surface area (TPSA) is 35.6 Å². The number of hydrogen-bond donors (Lipinski definition) is 1. The summed E-state index contributed by atoms with van der Waals surface area (Å²) < 4.78 is 0. The number of urea groups is 1. The van der Waals surface area contributed by atoms with E-state index < -0.39 is 0 Å². The summed E-state index contributed by atoms with van der Waals surface area (Å²) in [5, 5.41) is 3.29. The van der Waals surface area contributed by atoms with Crippen molar-refractivity contribution in [2.24, 2.45) is 5.41 Å². The Bertz CT molecular complexity index is 272. The number of nitrogens with one attached hydrogen (secondary N) is 1. The van der Waals surface area contributed by atoms with E-state index in [1.807, 2.05) is 4.90 Å². The molecular formula is C13H25N3O. The first-order valence-electron chi connectivity index (χ1n) is 6.83. The Labute approximate surface area is 104 Å². The molecule has 0 aromatic carbocycles. The second kappa shape index (κ2) is 5.25. The van der Waals surface area contributed by atoms with Crippen molar-refractivity contribution >= 4 is 6.03 Å². The van der Waals surface area contributed by atoms with Gasteiger partial charge in [0, 0.05) is 39.3 Å². The van der Waals surface area contributed by atoms with E-state index in [0.29, 0.717) is 5.41 Å². The summed E-state index contributed by atoms with van der Waals surface area (Å²) in [6, 6.07) is 0.254.